The molecule has 0 radical (unpaired) electrons. The van der Waals surface area contributed by atoms with Crippen molar-refractivity contribution in [3.05, 3.63) is 123 Å². The third kappa shape index (κ3) is 7.18. The highest BCUT2D eigenvalue weighted by Crippen LogP contribution is 2.62. The summed E-state index contributed by atoms with van der Waals surface area (Å²) in [5, 5.41) is 11.8. The minimum absolute atomic E-state index is 0.0313. The average molecular weight is 931 g/mol. The van der Waals surface area contributed by atoms with Gasteiger partial charge < -0.3 is 19.3 Å². The van der Waals surface area contributed by atoms with Crippen LogP contribution in [0.1, 0.15) is 35.1 Å². The molecule has 0 bridgehead atoms. The Labute approximate surface area is 370 Å². The summed E-state index contributed by atoms with van der Waals surface area (Å²) < 4.78 is 100. The Morgan fingerprint density at radius 3 is 1.97 bits per heavy atom. The molecule has 6 atom stereocenters. The van der Waals surface area contributed by atoms with Crippen molar-refractivity contribution in [2.45, 2.75) is 30.6 Å². The number of nitrogens with one attached hydrogen (secondary N) is 1. The molecule has 4 aromatic carbocycles. The first-order valence-corrected chi connectivity index (χ1v) is 20.2. The van der Waals surface area contributed by atoms with Gasteiger partial charge in [-0.1, -0.05) is 59.1 Å². The van der Waals surface area contributed by atoms with Crippen molar-refractivity contribution in [2.24, 2.45) is 29.6 Å². The first-order valence-electron chi connectivity index (χ1n) is 19.5. The highest BCUT2D eigenvalue weighted by atomic mass is 35.5. The van der Waals surface area contributed by atoms with E-state index in [1.54, 1.807) is 42.5 Å². The fourth-order valence-electron chi connectivity index (χ4n) is 9.63. The molecule has 334 valence electrons. The summed E-state index contributed by atoms with van der Waals surface area (Å²) in [7, 11) is 4.09. The van der Waals surface area contributed by atoms with Crippen LogP contribution in [-0.2, 0) is 36.9 Å². The van der Waals surface area contributed by atoms with Crippen LogP contribution in [0.4, 0.5) is 37.7 Å². The number of hydrogen-bond donors (Lipinski definition) is 2. The van der Waals surface area contributed by atoms with Crippen molar-refractivity contribution >= 4 is 64.3 Å². The number of hydrazine groups is 1. The molecular weight excluding hydrogens is 895 g/mol. The van der Waals surface area contributed by atoms with Gasteiger partial charge in [-0.25, -0.2) is 4.90 Å². The predicted molar refractivity (Wildman–Crippen MR) is 221 cm³/mol. The number of carbonyl (C=O) groups is 4. The number of imide groups is 2. The van der Waals surface area contributed by atoms with Gasteiger partial charge in [-0.15, -0.1) is 0 Å². The summed E-state index contributed by atoms with van der Waals surface area (Å²) in [6.07, 6.45) is -6.13. The molecule has 2 N–H and O–H groups in total. The van der Waals surface area contributed by atoms with E-state index < -0.39 is 87.8 Å². The lowest BCUT2D eigenvalue weighted by molar-refractivity contribution is -0.143. The molecule has 8 rings (SSSR count). The third-order valence-corrected chi connectivity index (χ3v) is 13.0. The minimum Gasteiger partial charge on any atom is -0.502 e. The van der Waals surface area contributed by atoms with Gasteiger partial charge >= 0.3 is 12.4 Å². The van der Waals surface area contributed by atoms with E-state index in [-0.39, 0.29) is 51.9 Å². The van der Waals surface area contributed by atoms with E-state index in [2.05, 4.69) is 5.43 Å². The molecule has 0 spiro atoms. The molecule has 1 saturated carbocycles. The Hall–Kier alpha value is -6.20. The lowest BCUT2D eigenvalue weighted by atomic mass is 9.50. The zero-order valence-corrected chi connectivity index (χ0v) is 35.2. The summed E-state index contributed by atoms with van der Waals surface area (Å²) in [6, 6.07) is 14.3. The zero-order valence-electron chi connectivity index (χ0n) is 33.7. The molecule has 4 aliphatic rings. The average Bonchev–Trinajstić information content (AvgIpc) is 3.64. The van der Waals surface area contributed by atoms with Gasteiger partial charge in [-0.2, -0.15) is 31.4 Å². The fourth-order valence-corrected chi connectivity index (χ4v) is 10.1. The standard InChI is InChI=1S/C45H35Cl2F6N3O8/c1-62-27-8-5-22(6-9-27)43-31(12-4-21-14-35(63-2)38(57)36(15-21)64-3)28-10-11-29-37(30(28)20-32(43)40(59)56(42(43)61)54-34-13-7-25(46)19-33(34)47)41(60)55(39(29)58)26-17-23(44(48,49)50)16-24(18-26)45(51,52)53/h4-10,12-19,29-32,37,54,57H,11,20H2,1-3H3. The second-order valence-corrected chi connectivity index (χ2v) is 16.5. The summed E-state index contributed by atoms with van der Waals surface area (Å²) in [4.78, 5) is 59.6. The van der Waals surface area contributed by atoms with Gasteiger partial charge in [0.05, 0.1) is 72.0 Å². The smallest absolute Gasteiger partial charge is 0.416 e. The van der Waals surface area contributed by atoms with Crippen molar-refractivity contribution < 1.29 is 64.8 Å². The number of allylic oxidation sites excluding steroid dienone is 3. The Balaban J connectivity index is 1.32. The number of alkyl halides is 6. The lowest BCUT2D eigenvalue weighted by Crippen LogP contribution is -2.54. The maximum Gasteiger partial charge on any atom is 0.416 e. The molecule has 0 aromatic heterocycles. The Morgan fingerprint density at radius 1 is 0.781 bits per heavy atom. The number of anilines is 2. The fraction of sp³-hybridized carbons (Fsp3) is 0.289. The van der Waals surface area contributed by atoms with Gasteiger partial charge in [-0.3, -0.25) is 24.6 Å². The second kappa shape index (κ2) is 16.1. The molecule has 2 aliphatic carbocycles. The number of hydrogen-bond acceptors (Lipinski definition) is 9. The molecular formula is C45H35Cl2F6N3O8. The number of ether oxygens (including phenoxy) is 3. The van der Waals surface area contributed by atoms with Gasteiger partial charge in [0.2, 0.25) is 17.6 Å². The lowest BCUT2D eigenvalue weighted by Gasteiger charge is -2.49. The van der Waals surface area contributed by atoms with Crippen molar-refractivity contribution in [3.8, 4) is 23.0 Å². The van der Waals surface area contributed by atoms with Crippen molar-refractivity contribution in [1.82, 2.24) is 5.01 Å². The molecule has 2 saturated heterocycles. The molecule has 2 heterocycles. The summed E-state index contributed by atoms with van der Waals surface area (Å²) >= 11 is 12.6. The van der Waals surface area contributed by atoms with E-state index in [0.29, 0.717) is 39.5 Å². The maximum absolute atomic E-state index is 15.5. The van der Waals surface area contributed by atoms with Crippen LogP contribution in [0.5, 0.6) is 23.0 Å². The van der Waals surface area contributed by atoms with E-state index in [0.717, 1.165) is 5.01 Å². The van der Waals surface area contributed by atoms with Gasteiger partial charge in [0.1, 0.15) is 5.75 Å². The van der Waals surface area contributed by atoms with Crippen LogP contribution in [0.15, 0.2) is 90.5 Å². The molecule has 4 aromatic rings. The molecule has 11 nitrogen and oxygen atoms in total. The highest BCUT2D eigenvalue weighted by molar-refractivity contribution is 6.36. The van der Waals surface area contributed by atoms with Gasteiger partial charge in [0.15, 0.2) is 11.5 Å². The van der Waals surface area contributed by atoms with Gasteiger partial charge in [-0.05, 0) is 90.6 Å². The Morgan fingerprint density at radius 2 is 1.41 bits per heavy atom. The Bertz CT molecular complexity index is 2610. The third-order valence-electron chi connectivity index (χ3n) is 12.5. The van der Waals surface area contributed by atoms with E-state index in [9.17, 15) is 45.8 Å². The number of aromatic hydroxyl groups is 1. The highest BCUT2D eigenvalue weighted by Gasteiger charge is 2.69. The number of benzene rings is 4. The van der Waals surface area contributed by atoms with Gasteiger partial charge in [0.25, 0.3) is 11.8 Å². The van der Waals surface area contributed by atoms with Crippen LogP contribution in [0.3, 0.4) is 0 Å². The topological polar surface area (TPSA) is 135 Å². The number of halogens is 8. The molecule has 2 aliphatic heterocycles. The predicted octanol–water partition coefficient (Wildman–Crippen LogP) is 9.50. The number of phenolic OH excluding ortho intramolecular Hbond substituents is 1. The Kier molecular flexibility index (Phi) is 11.2. The monoisotopic (exact) mass is 929 g/mol. The number of nitrogens with zero attached hydrogens (tertiary/aromatic N) is 2. The van der Waals surface area contributed by atoms with Crippen LogP contribution in [0.25, 0.3) is 6.08 Å². The van der Waals surface area contributed by atoms with E-state index in [4.69, 9.17) is 37.4 Å². The molecule has 3 fully saturated rings. The second-order valence-electron chi connectivity index (χ2n) is 15.7. The van der Waals surface area contributed by atoms with Crippen LogP contribution in [0, 0.1) is 29.6 Å². The van der Waals surface area contributed by atoms with E-state index in [1.807, 2.05) is 0 Å². The first kappa shape index (κ1) is 44.4. The molecule has 4 amide bonds. The number of amides is 4. The molecule has 64 heavy (non-hydrogen) atoms. The molecule has 6 unspecified atom stereocenters. The van der Waals surface area contributed by atoms with Crippen LogP contribution >= 0.6 is 23.2 Å². The number of fused-ring (bicyclic) bond motifs is 4. The summed E-state index contributed by atoms with van der Waals surface area (Å²) in [5.41, 5.74) is -2.01. The van der Waals surface area contributed by atoms with Crippen LogP contribution in [0.2, 0.25) is 10.0 Å². The SMILES string of the molecule is COc1ccc(C23C(=O)N(Nc4ccc(Cl)cc4Cl)C(=O)C2CC2C(=CCC4C(=O)N(c5cc(C(F)(F)F)cc(C(F)(F)F)c5)C(=O)C42)C3C=Cc2cc(OC)c(O)c(OC)c2)cc1. The van der Waals surface area contributed by atoms with Gasteiger partial charge in [0, 0.05) is 10.9 Å². The van der Waals surface area contributed by atoms with Crippen molar-refractivity contribution in [3.63, 3.8) is 0 Å². The van der Waals surface area contributed by atoms with Crippen molar-refractivity contribution in [1.29, 1.82) is 0 Å². The normalized spacial score (nSPS) is 24.4. The number of carbonyl (C=O) groups excluding carboxylic acids is 4. The van der Waals surface area contributed by atoms with Crippen molar-refractivity contribution in [2.75, 3.05) is 31.7 Å². The summed E-state index contributed by atoms with van der Waals surface area (Å²) in [5.74, 6) is -9.50. The first-order chi connectivity index (χ1) is 30.2. The number of phenols is 1. The summed E-state index contributed by atoms with van der Waals surface area (Å²) in [6.45, 7) is 0. The largest absolute Gasteiger partial charge is 0.502 e. The zero-order chi connectivity index (χ0) is 46.2. The van der Waals surface area contributed by atoms with E-state index in [1.165, 1.54) is 51.7 Å². The number of methoxy groups -OCH3 is 3. The quantitative estimate of drug-likeness (QED) is 0.0957. The minimum atomic E-state index is -5.27. The van der Waals surface area contributed by atoms with Crippen LogP contribution < -0.4 is 24.5 Å². The van der Waals surface area contributed by atoms with E-state index >= 15 is 4.79 Å². The molecule has 19 heteroatoms. The maximum atomic E-state index is 15.5. The number of rotatable bonds is 9. The van der Waals surface area contributed by atoms with Crippen LogP contribution in [-0.4, -0.2) is 55.1 Å².